The molecule has 0 amide bonds. The summed E-state index contributed by atoms with van der Waals surface area (Å²) in [5.41, 5.74) is 1.46. The zero-order chi connectivity index (χ0) is 16.6. The van der Waals surface area contributed by atoms with E-state index in [1.165, 1.54) is 6.92 Å². The van der Waals surface area contributed by atoms with E-state index < -0.39 is 32.9 Å². The van der Waals surface area contributed by atoms with Gasteiger partial charge in [0.05, 0.1) is 16.9 Å². The maximum Gasteiger partial charge on any atom is 0.208 e. The zero-order valence-electron chi connectivity index (χ0n) is 13.2. The van der Waals surface area contributed by atoms with E-state index in [0.717, 1.165) is 5.56 Å². The Kier molecular flexibility index (Phi) is 2.88. The molecule has 1 saturated heterocycles. The molecule has 23 heavy (non-hydrogen) atoms. The molecule has 4 rings (SSSR count). The third-order valence-corrected chi connectivity index (χ3v) is 7.76. The summed E-state index contributed by atoms with van der Waals surface area (Å²) in [6, 6.07) is 6.82. The molecule has 5 nitrogen and oxygen atoms in total. The van der Waals surface area contributed by atoms with E-state index in [1.54, 1.807) is 31.2 Å². The van der Waals surface area contributed by atoms with Gasteiger partial charge in [-0.2, -0.15) is 0 Å². The number of benzene rings is 1. The number of rotatable bonds is 3. The number of sulfone groups is 1. The van der Waals surface area contributed by atoms with Crippen LogP contribution in [-0.4, -0.2) is 31.3 Å². The number of carbonyl (C=O) groups is 1. The van der Waals surface area contributed by atoms with Gasteiger partial charge in [0.1, 0.15) is 10.5 Å². The summed E-state index contributed by atoms with van der Waals surface area (Å²) in [6.07, 6.45) is -0.642. The molecule has 0 radical (unpaired) electrons. The number of Topliss-reactive ketones (excluding diaryl/α,β-unsaturated/α-hetero) is 1. The maximum atomic E-state index is 13.3. The predicted molar refractivity (Wildman–Crippen MR) is 82.3 cm³/mol. The van der Waals surface area contributed by atoms with Crippen LogP contribution in [-0.2, 0) is 24.1 Å². The predicted octanol–water partition coefficient (Wildman–Crippen LogP) is 2.15. The average Bonchev–Trinajstić information content (AvgIpc) is 2.97. The molecule has 0 unspecified atom stereocenters. The zero-order valence-corrected chi connectivity index (χ0v) is 14.0. The number of ketones is 1. The molecular weight excluding hydrogens is 316 g/mol. The fourth-order valence-corrected chi connectivity index (χ4v) is 6.25. The van der Waals surface area contributed by atoms with E-state index in [4.69, 9.17) is 9.47 Å². The Morgan fingerprint density at radius 1 is 1.22 bits per heavy atom. The molecule has 1 aliphatic carbocycles. The Hall–Kier alpha value is -1.66. The van der Waals surface area contributed by atoms with E-state index in [9.17, 15) is 13.2 Å². The molecule has 1 saturated carbocycles. The van der Waals surface area contributed by atoms with Crippen LogP contribution in [0, 0.1) is 12.8 Å². The molecule has 2 heterocycles. The number of fused-ring (bicyclic) bond motifs is 3. The molecule has 0 aromatic heterocycles. The third-order valence-electron chi connectivity index (χ3n) is 5.18. The molecule has 0 N–H and O–H groups in total. The minimum Gasteiger partial charge on any atom is -0.468 e. The summed E-state index contributed by atoms with van der Waals surface area (Å²) in [5.74, 6) is -0.197. The van der Waals surface area contributed by atoms with Gasteiger partial charge >= 0.3 is 0 Å². The van der Waals surface area contributed by atoms with Crippen molar-refractivity contribution in [1.82, 2.24) is 0 Å². The molecule has 4 atom stereocenters. The number of allylic oxidation sites excluding steroid dienone is 1. The highest BCUT2D eigenvalue weighted by Gasteiger charge is 2.78. The number of hydrogen-bond donors (Lipinski definition) is 0. The highest BCUT2D eigenvalue weighted by Crippen LogP contribution is 2.65. The largest absolute Gasteiger partial charge is 0.468 e. The first-order valence-corrected chi connectivity index (χ1v) is 9.12. The van der Waals surface area contributed by atoms with Crippen molar-refractivity contribution >= 4 is 15.6 Å². The van der Waals surface area contributed by atoms with Crippen molar-refractivity contribution in [2.24, 2.45) is 5.92 Å². The van der Waals surface area contributed by atoms with Gasteiger partial charge in [0.15, 0.2) is 15.6 Å². The monoisotopic (exact) mass is 334 g/mol. The molecule has 3 aliphatic rings. The summed E-state index contributed by atoms with van der Waals surface area (Å²) in [5, 5.41) is 0. The normalized spacial score (nSPS) is 34.8. The van der Waals surface area contributed by atoms with Crippen LogP contribution in [0.1, 0.15) is 25.8 Å². The molecule has 0 bridgehead atoms. The maximum absolute atomic E-state index is 13.3. The van der Waals surface area contributed by atoms with Crippen molar-refractivity contribution in [3.63, 3.8) is 0 Å². The molecule has 6 heteroatoms. The number of carbonyl (C=O) groups excluding carboxylic acids is 1. The average molecular weight is 334 g/mol. The van der Waals surface area contributed by atoms with Gasteiger partial charge in [0.25, 0.3) is 0 Å². The SMILES string of the molecule is CC(=O)C1=C(C)O[C@H]2O[C@@H]3C[C@]3(S(=O)(=O)c3ccc(C)cc3)[C@@H]12. The van der Waals surface area contributed by atoms with Crippen LogP contribution in [0.25, 0.3) is 0 Å². The molecular formula is C17H18O5S. The fraction of sp³-hybridized carbons (Fsp3) is 0.471. The first kappa shape index (κ1) is 14.9. The van der Waals surface area contributed by atoms with Crippen molar-refractivity contribution in [2.75, 3.05) is 0 Å². The van der Waals surface area contributed by atoms with Gasteiger partial charge in [-0.1, -0.05) is 17.7 Å². The topological polar surface area (TPSA) is 69.7 Å². The van der Waals surface area contributed by atoms with Crippen molar-refractivity contribution < 1.29 is 22.7 Å². The van der Waals surface area contributed by atoms with Crippen LogP contribution < -0.4 is 0 Å². The van der Waals surface area contributed by atoms with E-state index >= 15 is 0 Å². The van der Waals surface area contributed by atoms with Crippen LogP contribution in [0.5, 0.6) is 0 Å². The molecule has 2 fully saturated rings. The van der Waals surface area contributed by atoms with Gasteiger partial charge in [-0.15, -0.1) is 0 Å². The molecule has 122 valence electrons. The second kappa shape index (κ2) is 4.45. The van der Waals surface area contributed by atoms with Gasteiger partial charge in [-0.3, -0.25) is 4.79 Å². The Morgan fingerprint density at radius 2 is 1.87 bits per heavy atom. The van der Waals surface area contributed by atoms with Crippen LogP contribution in [0.4, 0.5) is 0 Å². The van der Waals surface area contributed by atoms with Crippen LogP contribution >= 0.6 is 0 Å². The van der Waals surface area contributed by atoms with Gasteiger partial charge in [-0.25, -0.2) is 8.42 Å². The minimum atomic E-state index is -3.62. The van der Waals surface area contributed by atoms with E-state index in [0.29, 0.717) is 17.8 Å². The standard InChI is InChI=1S/C17H18O5S/c1-9-4-6-12(7-5-9)23(19,20)17-8-13(17)22-16-15(17)14(10(2)18)11(3)21-16/h4-7,13,15-16H,8H2,1-3H3/t13-,15+,16+,17-/m1/s1. The third kappa shape index (κ3) is 1.76. The molecule has 2 aliphatic heterocycles. The van der Waals surface area contributed by atoms with Crippen molar-refractivity contribution in [1.29, 1.82) is 0 Å². The van der Waals surface area contributed by atoms with Gasteiger partial charge in [0.2, 0.25) is 6.29 Å². The van der Waals surface area contributed by atoms with Crippen LogP contribution in [0.15, 0.2) is 40.5 Å². The Bertz CT molecular complexity index is 836. The summed E-state index contributed by atoms with van der Waals surface area (Å²) in [6.45, 7) is 5.06. The van der Waals surface area contributed by atoms with Gasteiger partial charge < -0.3 is 9.47 Å². The molecule has 1 aromatic carbocycles. The summed E-state index contributed by atoms with van der Waals surface area (Å²) >= 11 is 0. The van der Waals surface area contributed by atoms with Crippen molar-refractivity contribution in [2.45, 2.75) is 49.2 Å². The smallest absolute Gasteiger partial charge is 0.208 e. The quantitative estimate of drug-likeness (QED) is 0.847. The van der Waals surface area contributed by atoms with Crippen molar-refractivity contribution in [3.8, 4) is 0 Å². The second-order valence-electron chi connectivity index (χ2n) is 6.59. The van der Waals surface area contributed by atoms with E-state index in [1.807, 2.05) is 6.92 Å². The molecule has 0 spiro atoms. The lowest BCUT2D eigenvalue weighted by atomic mass is 9.92. The highest BCUT2D eigenvalue weighted by atomic mass is 32.2. The Labute approximate surface area is 135 Å². The van der Waals surface area contributed by atoms with Crippen LogP contribution in [0.3, 0.4) is 0 Å². The number of ether oxygens (including phenoxy) is 2. The Balaban J connectivity index is 1.83. The van der Waals surface area contributed by atoms with Gasteiger partial charge in [-0.05, 0) is 39.3 Å². The summed E-state index contributed by atoms with van der Waals surface area (Å²) < 4.78 is 36.8. The molecule has 1 aromatic rings. The minimum absolute atomic E-state index is 0.148. The summed E-state index contributed by atoms with van der Waals surface area (Å²) in [4.78, 5) is 12.3. The summed E-state index contributed by atoms with van der Waals surface area (Å²) in [7, 11) is -3.62. The van der Waals surface area contributed by atoms with Crippen molar-refractivity contribution in [3.05, 3.63) is 41.2 Å². The number of hydrogen-bond acceptors (Lipinski definition) is 5. The lowest BCUT2D eigenvalue weighted by Crippen LogP contribution is -2.37. The van der Waals surface area contributed by atoms with E-state index in [-0.39, 0.29) is 10.7 Å². The Morgan fingerprint density at radius 3 is 2.48 bits per heavy atom. The lowest BCUT2D eigenvalue weighted by Gasteiger charge is -2.22. The van der Waals surface area contributed by atoms with Gasteiger partial charge in [0, 0.05) is 5.57 Å². The van der Waals surface area contributed by atoms with Crippen LogP contribution in [0.2, 0.25) is 0 Å². The lowest BCUT2D eigenvalue weighted by molar-refractivity contribution is -0.115. The first-order valence-electron chi connectivity index (χ1n) is 7.64. The van der Waals surface area contributed by atoms with E-state index in [2.05, 4.69) is 0 Å². The number of aryl methyl sites for hydroxylation is 1. The highest BCUT2D eigenvalue weighted by molar-refractivity contribution is 7.93. The first-order chi connectivity index (χ1) is 10.8. The fourth-order valence-electron chi connectivity index (χ4n) is 3.98. The second-order valence-corrected chi connectivity index (χ2v) is 8.83.